The zero-order valence-electron chi connectivity index (χ0n) is 14.0. The number of nitrogens with one attached hydrogen (secondary N) is 1. The molecule has 0 amide bonds. The lowest BCUT2D eigenvalue weighted by Crippen LogP contribution is -2.37. The van der Waals surface area contributed by atoms with Crippen LogP contribution in [0, 0.1) is 6.92 Å². The average molecular weight is 290 g/mol. The van der Waals surface area contributed by atoms with Gasteiger partial charge in [-0.05, 0) is 58.0 Å². The SMILES string of the molecule is CCCNCc1ccc(N(C)CC2CCCN2C)nc1C. The van der Waals surface area contributed by atoms with Crippen molar-refractivity contribution in [1.82, 2.24) is 15.2 Å². The normalized spacial score (nSPS) is 19.1. The summed E-state index contributed by atoms with van der Waals surface area (Å²) < 4.78 is 0. The fraction of sp³-hybridized carbons (Fsp3) is 0.706. The van der Waals surface area contributed by atoms with Crippen molar-refractivity contribution < 1.29 is 0 Å². The predicted molar refractivity (Wildman–Crippen MR) is 89.9 cm³/mol. The summed E-state index contributed by atoms with van der Waals surface area (Å²) in [7, 11) is 4.38. The minimum absolute atomic E-state index is 0.669. The number of aryl methyl sites for hydroxylation is 1. The van der Waals surface area contributed by atoms with E-state index in [0.717, 1.165) is 31.1 Å². The molecule has 1 unspecified atom stereocenters. The van der Waals surface area contributed by atoms with Crippen molar-refractivity contribution in [3.8, 4) is 0 Å². The van der Waals surface area contributed by atoms with E-state index in [0.29, 0.717) is 6.04 Å². The number of likely N-dealkylation sites (tertiary alicyclic amines) is 1. The van der Waals surface area contributed by atoms with Crippen molar-refractivity contribution in [2.24, 2.45) is 0 Å². The topological polar surface area (TPSA) is 31.4 Å². The van der Waals surface area contributed by atoms with Gasteiger partial charge in [0.2, 0.25) is 0 Å². The Morgan fingerprint density at radius 3 is 2.86 bits per heavy atom. The van der Waals surface area contributed by atoms with Gasteiger partial charge in [-0.2, -0.15) is 0 Å². The molecule has 1 fully saturated rings. The Balaban J connectivity index is 1.95. The predicted octanol–water partition coefficient (Wildman–Crippen LogP) is 2.42. The molecule has 0 spiro atoms. The first-order valence-electron chi connectivity index (χ1n) is 8.20. The van der Waals surface area contributed by atoms with Gasteiger partial charge in [0, 0.05) is 31.9 Å². The van der Waals surface area contributed by atoms with Crippen LogP contribution in [-0.4, -0.2) is 49.7 Å². The van der Waals surface area contributed by atoms with Gasteiger partial charge in [-0.3, -0.25) is 0 Å². The van der Waals surface area contributed by atoms with Crippen LogP contribution in [0.15, 0.2) is 12.1 Å². The van der Waals surface area contributed by atoms with E-state index in [1.807, 2.05) is 0 Å². The van der Waals surface area contributed by atoms with Crippen LogP contribution in [0.25, 0.3) is 0 Å². The smallest absolute Gasteiger partial charge is 0.128 e. The number of anilines is 1. The maximum absolute atomic E-state index is 4.79. The van der Waals surface area contributed by atoms with Gasteiger partial charge in [0.25, 0.3) is 0 Å². The molecule has 1 N–H and O–H groups in total. The van der Waals surface area contributed by atoms with Crippen LogP contribution in [0.2, 0.25) is 0 Å². The van der Waals surface area contributed by atoms with Gasteiger partial charge in [-0.15, -0.1) is 0 Å². The fourth-order valence-electron chi connectivity index (χ4n) is 3.00. The summed E-state index contributed by atoms with van der Waals surface area (Å²) in [6, 6.07) is 5.04. The summed E-state index contributed by atoms with van der Waals surface area (Å²) in [6.45, 7) is 8.58. The van der Waals surface area contributed by atoms with E-state index in [4.69, 9.17) is 4.98 Å². The summed E-state index contributed by atoms with van der Waals surface area (Å²) in [4.78, 5) is 9.55. The van der Waals surface area contributed by atoms with Crippen LogP contribution >= 0.6 is 0 Å². The number of pyridine rings is 1. The third-order valence-electron chi connectivity index (χ3n) is 4.47. The molecule has 1 saturated heterocycles. The van der Waals surface area contributed by atoms with Crippen LogP contribution in [0.4, 0.5) is 5.82 Å². The van der Waals surface area contributed by atoms with Gasteiger partial charge >= 0.3 is 0 Å². The maximum Gasteiger partial charge on any atom is 0.128 e. The number of aromatic nitrogens is 1. The van der Waals surface area contributed by atoms with Gasteiger partial charge in [0.05, 0.1) is 0 Å². The molecule has 0 aromatic carbocycles. The molecule has 0 radical (unpaired) electrons. The molecule has 1 atom stereocenters. The van der Waals surface area contributed by atoms with E-state index in [1.54, 1.807) is 0 Å². The van der Waals surface area contributed by atoms with Crippen molar-refractivity contribution in [2.45, 2.75) is 45.7 Å². The Morgan fingerprint density at radius 1 is 1.43 bits per heavy atom. The largest absolute Gasteiger partial charge is 0.358 e. The molecule has 1 aliphatic rings. The zero-order valence-corrected chi connectivity index (χ0v) is 14.0. The molecule has 1 aromatic rings. The van der Waals surface area contributed by atoms with E-state index in [-0.39, 0.29) is 0 Å². The Kier molecular flexibility index (Phi) is 6.00. The quantitative estimate of drug-likeness (QED) is 0.782. The van der Waals surface area contributed by atoms with Crippen LogP contribution in [0.1, 0.15) is 37.4 Å². The van der Waals surface area contributed by atoms with E-state index in [9.17, 15) is 0 Å². The first-order valence-corrected chi connectivity index (χ1v) is 8.20. The van der Waals surface area contributed by atoms with Gasteiger partial charge in [0.15, 0.2) is 0 Å². The van der Waals surface area contributed by atoms with Gasteiger partial charge in [-0.1, -0.05) is 13.0 Å². The molecule has 1 aliphatic heterocycles. The van der Waals surface area contributed by atoms with Crippen LogP contribution in [0.5, 0.6) is 0 Å². The second-order valence-electron chi connectivity index (χ2n) is 6.25. The van der Waals surface area contributed by atoms with E-state index < -0.39 is 0 Å². The molecule has 2 heterocycles. The van der Waals surface area contributed by atoms with E-state index in [2.05, 4.69) is 55.2 Å². The molecule has 0 aliphatic carbocycles. The third-order valence-corrected chi connectivity index (χ3v) is 4.47. The molecular formula is C17H30N4. The second kappa shape index (κ2) is 7.76. The standard InChI is InChI=1S/C17H30N4/c1-5-10-18-12-15-8-9-17(19-14(15)2)21(4)13-16-7-6-11-20(16)3/h8-9,16,18H,5-7,10-13H2,1-4H3. The fourth-order valence-corrected chi connectivity index (χ4v) is 3.00. The van der Waals surface area contributed by atoms with Gasteiger partial charge in [-0.25, -0.2) is 4.98 Å². The number of nitrogens with zero attached hydrogens (tertiary/aromatic N) is 3. The maximum atomic E-state index is 4.79. The molecular weight excluding hydrogens is 260 g/mol. The van der Waals surface area contributed by atoms with Gasteiger partial charge in [0.1, 0.15) is 5.82 Å². The summed E-state index contributed by atoms with van der Waals surface area (Å²) in [6.07, 6.45) is 3.80. The highest BCUT2D eigenvalue weighted by Gasteiger charge is 2.22. The Bertz CT molecular complexity index is 446. The summed E-state index contributed by atoms with van der Waals surface area (Å²) in [5.41, 5.74) is 2.45. The number of likely N-dealkylation sites (N-methyl/N-ethyl adjacent to an activating group) is 2. The lowest BCUT2D eigenvalue weighted by molar-refractivity contribution is 0.314. The van der Waals surface area contributed by atoms with E-state index >= 15 is 0 Å². The lowest BCUT2D eigenvalue weighted by atomic mass is 10.2. The highest BCUT2D eigenvalue weighted by atomic mass is 15.2. The summed E-state index contributed by atoms with van der Waals surface area (Å²) >= 11 is 0. The summed E-state index contributed by atoms with van der Waals surface area (Å²) in [5.74, 6) is 1.09. The molecule has 2 rings (SSSR count). The Morgan fingerprint density at radius 2 is 2.24 bits per heavy atom. The Labute approximate surface area is 129 Å². The average Bonchev–Trinajstić information content (AvgIpc) is 2.86. The number of rotatable bonds is 7. The van der Waals surface area contributed by atoms with Gasteiger partial charge < -0.3 is 15.1 Å². The molecule has 21 heavy (non-hydrogen) atoms. The molecule has 0 bridgehead atoms. The molecule has 1 aromatic heterocycles. The molecule has 118 valence electrons. The van der Waals surface area contributed by atoms with E-state index in [1.165, 1.54) is 31.4 Å². The van der Waals surface area contributed by atoms with Crippen molar-refractivity contribution in [1.29, 1.82) is 0 Å². The van der Waals surface area contributed by atoms with Crippen molar-refractivity contribution in [3.05, 3.63) is 23.4 Å². The minimum atomic E-state index is 0.669. The molecule has 4 heteroatoms. The first-order chi connectivity index (χ1) is 10.1. The number of hydrogen-bond acceptors (Lipinski definition) is 4. The van der Waals surface area contributed by atoms with Crippen molar-refractivity contribution in [2.75, 3.05) is 38.6 Å². The lowest BCUT2D eigenvalue weighted by Gasteiger charge is -2.27. The second-order valence-corrected chi connectivity index (χ2v) is 6.25. The zero-order chi connectivity index (χ0) is 15.2. The highest BCUT2D eigenvalue weighted by Crippen LogP contribution is 2.19. The molecule has 0 saturated carbocycles. The van der Waals surface area contributed by atoms with Crippen LogP contribution < -0.4 is 10.2 Å². The molecule has 4 nitrogen and oxygen atoms in total. The van der Waals surface area contributed by atoms with Crippen molar-refractivity contribution >= 4 is 5.82 Å². The van der Waals surface area contributed by atoms with Crippen LogP contribution in [-0.2, 0) is 6.54 Å². The van der Waals surface area contributed by atoms with Crippen LogP contribution in [0.3, 0.4) is 0 Å². The summed E-state index contributed by atoms with van der Waals surface area (Å²) in [5, 5.41) is 3.45. The Hall–Kier alpha value is -1.13. The highest BCUT2D eigenvalue weighted by molar-refractivity contribution is 5.41. The van der Waals surface area contributed by atoms with Crippen molar-refractivity contribution in [3.63, 3.8) is 0 Å². The third kappa shape index (κ3) is 4.42. The monoisotopic (exact) mass is 290 g/mol. The number of hydrogen-bond donors (Lipinski definition) is 1. The minimum Gasteiger partial charge on any atom is -0.358 e. The first kappa shape index (κ1) is 16.2.